The van der Waals surface area contributed by atoms with Crippen molar-refractivity contribution < 1.29 is 68.2 Å². The zero-order valence-electron chi connectivity index (χ0n) is 7.66. The Bertz CT molecular complexity index is 19.5. The van der Waals surface area contributed by atoms with Gasteiger partial charge in [-0.25, -0.2) is 0 Å². The monoisotopic (exact) mass is 305 g/mol. The summed E-state index contributed by atoms with van der Waals surface area (Å²) in [6.45, 7) is 15.0. The first-order valence-electron chi connectivity index (χ1n) is 2.12. The van der Waals surface area contributed by atoms with Crippen molar-refractivity contribution in [2.24, 2.45) is 0 Å². The first-order valence-corrected chi connectivity index (χ1v) is 2.12. The molecule has 0 aliphatic carbocycles. The second-order valence-electron chi connectivity index (χ2n) is 0. The quantitative estimate of drug-likeness (QED) is 0.308. The van der Waals surface area contributed by atoms with E-state index >= 15 is 0 Å². The third-order valence-corrected chi connectivity index (χ3v) is 0. The minimum Gasteiger partial charge on any atom is -1.00 e. The van der Waals surface area contributed by atoms with Crippen LogP contribution in [0, 0.1) is 20.8 Å². The molecule has 12 heavy (non-hydrogen) atoms. The Kier molecular flexibility index (Phi) is 2910. The molecule has 0 nitrogen and oxygen atoms in total. The van der Waals surface area contributed by atoms with Gasteiger partial charge in [-0.2, -0.15) is 20.8 Å². The van der Waals surface area contributed by atoms with E-state index < -0.39 is 0 Å². The average molecular weight is 307 g/mol. The van der Waals surface area contributed by atoms with Crippen LogP contribution < -0.4 is 49.6 Å². The van der Waals surface area contributed by atoms with Gasteiger partial charge in [-0.15, -0.1) is 0 Å². The van der Waals surface area contributed by atoms with Gasteiger partial charge in [0, 0.05) is 17.4 Å². The van der Waals surface area contributed by atoms with E-state index in [2.05, 4.69) is 20.8 Å². The third kappa shape index (κ3) is 301. The summed E-state index contributed by atoms with van der Waals surface area (Å²) < 4.78 is 0. The molecule has 0 N–H and O–H groups in total. The molecule has 0 bridgehead atoms. The first kappa shape index (κ1) is 90.4. The zero-order valence-corrected chi connectivity index (χ0v) is 13.2. The Morgan fingerprint density at radius 2 is 0.500 bits per heavy atom. The average Bonchev–Trinajstić information content (AvgIpc) is 1.81. The smallest absolute Gasteiger partial charge is 1.00 e. The van der Waals surface area contributed by atoms with E-state index in [-0.39, 0.29) is 85.5 Å². The van der Waals surface area contributed by atoms with Gasteiger partial charge in [0.1, 0.15) is 0 Å². The number of halogens is 4. The molecule has 0 unspecified atom stereocenters. The predicted molar refractivity (Wildman–Crippen MR) is 38.8 cm³/mol. The standard InChI is InChI=1S/3C2H5.Al.4ClH.V/c3*1-2;;;;;;/h3*1H2,2H3;;4*1H;/q3*-1;;;;;;+4/p-4. The van der Waals surface area contributed by atoms with Gasteiger partial charge in [-0.3, -0.25) is 0 Å². The van der Waals surface area contributed by atoms with Gasteiger partial charge < -0.3 is 70.4 Å². The maximum absolute atomic E-state index is 3.25. The van der Waals surface area contributed by atoms with Crippen molar-refractivity contribution >= 4 is 17.4 Å². The summed E-state index contributed by atoms with van der Waals surface area (Å²) in [6.07, 6.45) is 0. The van der Waals surface area contributed by atoms with Crippen LogP contribution in [0.25, 0.3) is 0 Å². The molecule has 0 saturated heterocycles. The van der Waals surface area contributed by atoms with Crippen LogP contribution >= 0.6 is 0 Å². The van der Waals surface area contributed by atoms with E-state index in [0.29, 0.717) is 0 Å². The molecule has 0 heterocycles. The molecule has 0 aliphatic rings. The maximum Gasteiger partial charge on any atom is 4.00 e. The van der Waals surface area contributed by atoms with Gasteiger partial charge in [0.2, 0.25) is 0 Å². The molecule has 0 aromatic rings. The Morgan fingerprint density at radius 3 is 0.500 bits per heavy atom. The largest absolute Gasteiger partial charge is 4.00 e. The normalized spacial score (nSPS) is 1.50. The molecule has 0 aliphatic heterocycles. The molecular weight excluding hydrogens is 292 g/mol. The van der Waals surface area contributed by atoms with Gasteiger partial charge in [-0.05, 0) is 0 Å². The molecule has 0 amide bonds. The minimum atomic E-state index is 0. The van der Waals surface area contributed by atoms with E-state index in [1.165, 1.54) is 0 Å². The van der Waals surface area contributed by atoms with E-state index in [1.807, 2.05) is 0 Å². The predicted octanol–water partition coefficient (Wildman–Crippen LogP) is -9.85. The molecule has 0 aromatic heterocycles. The van der Waals surface area contributed by atoms with Crippen LogP contribution in [0.3, 0.4) is 0 Å². The topological polar surface area (TPSA) is 0 Å². The molecule has 0 atom stereocenters. The molecule has 6 heteroatoms. The first-order chi connectivity index (χ1) is 3.00. The Labute approximate surface area is 126 Å². The summed E-state index contributed by atoms with van der Waals surface area (Å²) in [6, 6.07) is 0. The van der Waals surface area contributed by atoms with Gasteiger partial charge in [-0.1, -0.05) is 0 Å². The second-order valence-corrected chi connectivity index (χ2v) is 0. The van der Waals surface area contributed by atoms with Gasteiger partial charge >= 0.3 is 18.6 Å². The van der Waals surface area contributed by atoms with E-state index in [1.54, 1.807) is 20.8 Å². The van der Waals surface area contributed by atoms with Crippen LogP contribution in [-0.2, 0) is 18.6 Å². The van der Waals surface area contributed by atoms with Gasteiger partial charge in [0.15, 0.2) is 0 Å². The molecular formula is C6H15AlCl4V-3. The van der Waals surface area contributed by atoms with Gasteiger partial charge in [0.25, 0.3) is 0 Å². The molecule has 0 spiro atoms. The van der Waals surface area contributed by atoms with Crippen molar-refractivity contribution in [1.82, 2.24) is 0 Å². The molecule has 0 rings (SSSR count). The van der Waals surface area contributed by atoms with E-state index in [0.717, 1.165) is 0 Å². The second kappa shape index (κ2) is 386. The number of hydrogen-bond acceptors (Lipinski definition) is 0. The van der Waals surface area contributed by atoms with Crippen LogP contribution in [0.1, 0.15) is 20.8 Å². The fourth-order valence-corrected chi connectivity index (χ4v) is 0. The third-order valence-electron chi connectivity index (χ3n) is 0. The van der Waals surface area contributed by atoms with Crippen molar-refractivity contribution in [3.63, 3.8) is 0 Å². The summed E-state index contributed by atoms with van der Waals surface area (Å²) in [7, 11) is 0. The van der Waals surface area contributed by atoms with Crippen LogP contribution in [0.2, 0.25) is 0 Å². The van der Waals surface area contributed by atoms with E-state index in [9.17, 15) is 0 Å². The summed E-state index contributed by atoms with van der Waals surface area (Å²) in [5, 5.41) is 0. The summed E-state index contributed by atoms with van der Waals surface area (Å²) in [5.74, 6) is 0. The van der Waals surface area contributed by atoms with Crippen molar-refractivity contribution in [2.45, 2.75) is 20.8 Å². The fraction of sp³-hybridized carbons (Fsp3) is 0.500. The Hall–Kier alpha value is 2.28. The Morgan fingerprint density at radius 1 is 0.500 bits per heavy atom. The molecule has 0 aromatic carbocycles. The van der Waals surface area contributed by atoms with Crippen LogP contribution in [0.5, 0.6) is 0 Å². The Balaban J connectivity index is -0.00000000129. The number of rotatable bonds is 0. The van der Waals surface area contributed by atoms with Crippen LogP contribution in [0.15, 0.2) is 0 Å². The molecule has 4 radical (unpaired) electrons. The summed E-state index contributed by atoms with van der Waals surface area (Å²) >= 11 is 0. The maximum atomic E-state index is 3.25. The summed E-state index contributed by atoms with van der Waals surface area (Å²) in [5.41, 5.74) is 0. The number of hydrogen-bond donors (Lipinski definition) is 0. The van der Waals surface area contributed by atoms with Crippen molar-refractivity contribution in [3.8, 4) is 0 Å². The van der Waals surface area contributed by atoms with Gasteiger partial charge in [0.05, 0.1) is 0 Å². The zero-order chi connectivity index (χ0) is 6.00. The minimum absolute atomic E-state index is 0. The van der Waals surface area contributed by atoms with Crippen LogP contribution in [-0.4, -0.2) is 17.4 Å². The van der Waals surface area contributed by atoms with E-state index in [4.69, 9.17) is 0 Å². The SMILES string of the molecule is [Al].[CH2-]C.[CH2-]C.[CH2-]C.[Cl-].[Cl-].[Cl-].[Cl-].[V+4]. The van der Waals surface area contributed by atoms with Crippen molar-refractivity contribution in [2.75, 3.05) is 0 Å². The van der Waals surface area contributed by atoms with Crippen molar-refractivity contribution in [3.05, 3.63) is 20.8 Å². The molecule has 0 fully saturated rings. The molecule has 78 valence electrons. The molecule has 0 saturated carbocycles. The summed E-state index contributed by atoms with van der Waals surface area (Å²) in [4.78, 5) is 0. The van der Waals surface area contributed by atoms with Crippen molar-refractivity contribution in [1.29, 1.82) is 0 Å². The fourth-order valence-electron chi connectivity index (χ4n) is 0. The van der Waals surface area contributed by atoms with Crippen LogP contribution in [0.4, 0.5) is 0 Å².